The highest BCUT2D eigenvalue weighted by atomic mass is 32.2. The van der Waals surface area contributed by atoms with Crippen molar-refractivity contribution in [1.82, 2.24) is 14.8 Å². The van der Waals surface area contributed by atoms with Crippen molar-refractivity contribution >= 4 is 29.0 Å². The van der Waals surface area contributed by atoms with Crippen LogP contribution in [-0.4, -0.2) is 85.2 Å². The summed E-state index contributed by atoms with van der Waals surface area (Å²) in [4.78, 5) is 23.8. The first-order valence-electron chi connectivity index (χ1n) is 12.7. The molecule has 210 valence electrons. The number of amides is 1. The number of likely N-dealkylation sites (tertiary alicyclic amines) is 1. The third-order valence-electron chi connectivity index (χ3n) is 6.84. The zero-order valence-electron chi connectivity index (χ0n) is 21.0. The summed E-state index contributed by atoms with van der Waals surface area (Å²) in [6, 6.07) is 10.4. The van der Waals surface area contributed by atoms with E-state index in [1.54, 1.807) is 19.2 Å². The van der Waals surface area contributed by atoms with Crippen molar-refractivity contribution in [1.29, 1.82) is 0 Å². The van der Waals surface area contributed by atoms with Crippen molar-refractivity contribution in [3.63, 3.8) is 0 Å². The third-order valence-corrected chi connectivity index (χ3v) is 7.58. The number of hydrogen-bond donors (Lipinski definition) is 1. The van der Waals surface area contributed by atoms with Crippen LogP contribution in [0.25, 0.3) is 0 Å². The van der Waals surface area contributed by atoms with E-state index in [0.717, 1.165) is 63.4 Å². The van der Waals surface area contributed by atoms with Crippen molar-refractivity contribution in [3.05, 3.63) is 42.6 Å². The average molecular weight is 554 g/mol. The van der Waals surface area contributed by atoms with E-state index in [1.165, 1.54) is 12.1 Å². The molecule has 38 heavy (non-hydrogen) atoms. The van der Waals surface area contributed by atoms with Gasteiger partial charge in [0.05, 0.1) is 19.0 Å². The molecule has 0 atom stereocenters. The third kappa shape index (κ3) is 8.97. The molecule has 1 amide bonds. The number of anilines is 2. The molecule has 0 bridgehead atoms. The molecule has 2 aliphatic rings. The molecule has 3 heterocycles. The molecule has 2 aromatic rings. The van der Waals surface area contributed by atoms with Crippen LogP contribution in [-0.2, 0) is 4.79 Å². The monoisotopic (exact) mass is 553 g/mol. The fourth-order valence-corrected chi connectivity index (χ4v) is 5.32. The number of pyridine rings is 1. The molecular formula is C27H38F3N5O2S. The van der Waals surface area contributed by atoms with Crippen LogP contribution in [0.3, 0.4) is 0 Å². The Labute approximate surface area is 227 Å². The Bertz CT molecular complexity index is 991. The molecule has 1 aromatic heterocycles. The summed E-state index contributed by atoms with van der Waals surface area (Å²) < 4.78 is 42.6. The van der Waals surface area contributed by atoms with Gasteiger partial charge in [0.25, 0.3) is 0 Å². The molecular weight excluding hydrogens is 515 g/mol. The number of benzene rings is 1. The summed E-state index contributed by atoms with van der Waals surface area (Å²) in [6.45, 7) is 6.13. The highest BCUT2D eigenvalue weighted by Gasteiger charge is 2.29. The molecule has 0 saturated carbocycles. The summed E-state index contributed by atoms with van der Waals surface area (Å²) >= 11 is -0.109. The van der Waals surface area contributed by atoms with Crippen LogP contribution in [0.4, 0.5) is 24.5 Å². The number of carbonyl (C=O) groups excluding carboxylic acids is 1. The Hall–Kier alpha value is -2.66. The number of aromatic nitrogens is 1. The van der Waals surface area contributed by atoms with Gasteiger partial charge < -0.3 is 19.9 Å². The van der Waals surface area contributed by atoms with Gasteiger partial charge in [-0.15, -0.1) is 0 Å². The van der Waals surface area contributed by atoms with E-state index < -0.39 is 5.51 Å². The minimum atomic E-state index is -4.28. The Morgan fingerprint density at radius 2 is 1.74 bits per heavy atom. The van der Waals surface area contributed by atoms with Gasteiger partial charge in [-0.2, -0.15) is 13.2 Å². The minimum Gasteiger partial charge on any atom is -0.481 e. The fraction of sp³-hybridized carbons (Fsp3) is 0.556. The zero-order chi connectivity index (χ0) is 26.3. The molecule has 11 heteroatoms. The van der Waals surface area contributed by atoms with E-state index in [-0.39, 0.29) is 36.0 Å². The summed E-state index contributed by atoms with van der Waals surface area (Å²) in [6.07, 6.45) is 4.90. The van der Waals surface area contributed by atoms with E-state index in [4.69, 9.17) is 4.74 Å². The number of thioether (sulfide) groups is 1. The lowest BCUT2D eigenvalue weighted by atomic mass is 10.0. The van der Waals surface area contributed by atoms with Gasteiger partial charge in [0.15, 0.2) is 0 Å². The van der Waals surface area contributed by atoms with E-state index in [0.29, 0.717) is 25.4 Å². The number of ether oxygens (including phenoxy) is 1. The number of methoxy groups -OCH3 is 1. The first kappa shape index (κ1) is 29.9. The normalized spacial score (nSPS) is 17.2. The number of piperazine rings is 1. The van der Waals surface area contributed by atoms with Crippen LogP contribution in [0.1, 0.15) is 33.1 Å². The molecule has 0 spiro atoms. The number of nitrogens with zero attached hydrogens (tertiary/aromatic N) is 4. The number of nitrogens with one attached hydrogen (secondary N) is 1. The smallest absolute Gasteiger partial charge is 0.446 e. The van der Waals surface area contributed by atoms with Gasteiger partial charge in [-0.1, -0.05) is 7.43 Å². The molecule has 0 aliphatic carbocycles. The standard InChI is InChI=1S/C26H34F3N5O2S.CH4/c1-36-24-9-6-22(19-30-24)33-17-15-32(16-18-33)12-2-3-25(35)34-13-10-21(11-14-34)31-20-4-7-23(8-5-20)37-26(27,28)29;/h4-9,19,21,31H,2-3,10-18H2,1H3;1H4. The lowest BCUT2D eigenvalue weighted by molar-refractivity contribution is -0.132. The summed E-state index contributed by atoms with van der Waals surface area (Å²) in [5.74, 6) is 0.819. The molecule has 0 unspecified atom stereocenters. The lowest BCUT2D eigenvalue weighted by Gasteiger charge is -2.36. The second kappa shape index (κ2) is 13.9. The summed E-state index contributed by atoms with van der Waals surface area (Å²) in [5, 5.41) is 3.39. The molecule has 2 fully saturated rings. The summed E-state index contributed by atoms with van der Waals surface area (Å²) in [7, 11) is 1.61. The van der Waals surface area contributed by atoms with Crippen molar-refractivity contribution < 1.29 is 22.7 Å². The fourth-order valence-electron chi connectivity index (χ4n) is 4.78. The summed E-state index contributed by atoms with van der Waals surface area (Å²) in [5.41, 5.74) is -2.37. The molecule has 4 rings (SSSR count). The van der Waals surface area contributed by atoms with Crippen molar-refractivity contribution in [2.45, 2.75) is 49.6 Å². The molecule has 2 aliphatic heterocycles. The van der Waals surface area contributed by atoms with Crippen LogP contribution < -0.4 is 15.0 Å². The van der Waals surface area contributed by atoms with Gasteiger partial charge in [0, 0.05) is 68.4 Å². The Morgan fingerprint density at radius 3 is 2.32 bits per heavy atom. The van der Waals surface area contributed by atoms with Gasteiger partial charge in [0.2, 0.25) is 11.8 Å². The maximum atomic E-state index is 12.7. The number of carbonyl (C=O) groups is 1. The number of halogens is 3. The molecule has 0 radical (unpaired) electrons. The van der Waals surface area contributed by atoms with Crippen LogP contribution in [0, 0.1) is 0 Å². The molecule has 7 nitrogen and oxygen atoms in total. The van der Waals surface area contributed by atoms with Gasteiger partial charge in [0.1, 0.15) is 0 Å². The number of alkyl halides is 3. The number of rotatable bonds is 9. The zero-order valence-corrected chi connectivity index (χ0v) is 21.9. The van der Waals surface area contributed by atoms with Gasteiger partial charge >= 0.3 is 5.51 Å². The second-order valence-corrected chi connectivity index (χ2v) is 10.5. The van der Waals surface area contributed by atoms with Crippen molar-refractivity contribution in [2.24, 2.45) is 0 Å². The Kier molecular flexibility index (Phi) is 11.0. The van der Waals surface area contributed by atoms with Gasteiger partial charge in [-0.25, -0.2) is 4.98 Å². The van der Waals surface area contributed by atoms with E-state index in [1.807, 2.05) is 23.2 Å². The number of hydrogen-bond acceptors (Lipinski definition) is 7. The van der Waals surface area contributed by atoms with E-state index in [9.17, 15) is 18.0 Å². The van der Waals surface area contributed by atoms with E-state index in [2.05, 4.69) is 20.1 Å². The van der Waals surface area contributed by atoms with Crippen LogP contribution in [0.15, 0.2) is 47.5 Å². The largest absolute Gasteiger partial charge is 0.481 e. The molecule has 1 aromatic carbocycles. The van der Waals surface area contributed by atoms with E-state index >= 15 is 0 Å². The van der Waals surface area contributed by atoms with Crippen LogP contribution >= 0.6 is 11.8 Å². The molecule has 1 N–H and O–H groups in total. The van der Waals surface area contributed by atoms with Gasteiger partial charge in [-0.05, 0) is 67.9 Å². The SMILES string of the molecule is C.COc1ccc(N2CCN(CCCC(=O)N3CCC(Nc4ccc(SC(F)(F)F)cc4)CC3)CC2)cn1. The maximum absolute atomic E-state index is 12.7. The van der Waals surface area contributed by atoms with Crippen molar-refractivity contribution in [3.8, 4) is 5.88 Å². The Balaban J connectivity index is 0.00000400. The minimum absolute atomic E-state index is 0. The molecule has 2 saturated heterocycles. The first-order chi connectivity index (χ1) is 17.8. The van der Waals surface area contributed by atoms with Crippen LogP contribution in [0.2, 0.25) is 0 Å². The van der Waals surface area contributed by atoms with Gasteiger partial charge in [-0.3, -0.25) is 9.69 Å². The number of piperidine rings is 1. The quantitative estimate of drug-likeness (QED) is 0.421. The maximum Gasteiger partial charge on any atom is 0.446 e. The topological polar surface area (TPSA) is 60.9 Å². The predicted octanol–water partition coefficient (Wildman–Crippen LogP) is 5.34. The predicted molar refractivity (Wildman–Crippen MR) is 147 cm³/mol. The highest BCUT2D eigenvalue weighted by Crippen LogP contribution is 2.37. The Morgan fingerprint density at radius 1 is 1.05 bits per heavy atom. The average Bonchev–Trinajstić information content (AvgIpc) is 2.90. The highest BCUT2D eigenvalue weighted by molar-refractivity contribution is 8.00. The first-order valence-corrected chi connectivity index (χ1v) is 13.5. The second-order valence-electron chi connectivity index (χ2n) is 9.36. The lowest BCUT2D eigenvalue weighted by Crippen LogP contribution is -2.47. The van der Waals surface area contributed by atoms with Crippen LogP contribution in [0.5, 0.6) is 5.88 Å². The van der Waals surface area contributed by atoms with Crippen molar-refractivity contribution in [2.75, 3.05) is 63.1 Å².